The summed E-state index contributed by atoms with van der Waals surface area (Å²) >= 11 is 5.94. The van der Waals surface area contributed by atoms with Gasteiger partial charge in [-0.1, -0.05) is 48.0 Å². The fourth-order valence-electron chi connectivity index (χ4n) is 2.34. The van der Waals surface area contributed by atoms with Gasteiger partial charge in [-0.15, -0.1) is 0 Å². The van der Waals surface area contributed by atoms with Gasteiger partial charge < -0.3 is 25.0 Å². The molecule has 2 aromatic carbocycles. The smallest absolute Gasteiger partial charge is 0.407 e. The summed E-state index contributed by atoms with van der Waals surface area (Å²) in [7, 11) is 1.47. The second kappa shape index (κ2) is 10.0. The molecule has 0 saturated carbocycles. The first kappa shape index (κ1) is 20.0. The third-order valence-electron chi connectivity index (χ3n) is 3.80. The van der Waals surface area contributed by atoms with Crippen LogP contribution in [0.1, 0.15) is 23.7 Å². The number of nitrogens with one attached hydrogen (secondary N) is 1. The van der Waals surface area contributed by atoms with E-state index in [2.05, 4.69) is 5.32 Å². The number of benzene rings is 2. The summed E-state index contributed by atoms with van der Waals surface area (Å²) in [6.07, 6.45) is -2.60. The first-order chi connectivity index (χ1) is 12.5. The summed E-state index contributed by atoms with van der Waals surface area (Å²) < 4.78 is 10.2. The zero-order valence-corrected chi connectivity index (χ0v) is 15.1. The number of ether oxygens (including phenoxy) is 2. The SMILES string of the molecule is COc1cc(C(O)C(O)CCNC(=O)OCc2ccccc2)ccc1Cl. The predicted octanol–water partition coefficient (Wildman–Crippen LogP) is 3.06. The Hall–Kier alpha value is -2.28. The van der Waals surface area contributed by atoms with Crippen molar-refractivity contribution in [3.8, 4) is 5.75 Å². The standard InChI is InChI=1S/C19H22ClNO5/c1-25-17-11-14(7-8-15(17)20)18(23)16(22)9-10-21-19(24)26-12-13-5-3-2-4-6-13/h2-8,11,16,18,22-23H,9-10,12H2,1H3,(H,21,24). The maximum atomic E-state index is 11.7. The first-order valence-electron chi connectivity index (χ1n) is 8.15. The molecule has 0 radical (unpaired) electrons. The van der Waals surface area contributed by atoms with Crippen LogP contribution in [-0.4, -0.2) is 36.1 Å². The lowest BCUT2D eigenvalue weighted by Crippen LogP contribution is -2.29. The van der Waals surface area contributed by atoms with E-state index in [0.29, 0.717) is 16.3 Å². The highest BCUT2D eigenvalue weighted by Crippen LogP contribution is 2.29. The lowest BCUT2D eigenvalue weighted by molar-refractivity contribution is 0.0135. The Morgan fingerprint density at radius 3 is 2.62 bits per heavy atom. The number of alkyl carbamates (subject to hydrolysis) is 1. The molecule has 0 aliphatic heterocycles. The van der Waals surface area contributed by atoms with Crippen LogP contribution in [0.2, 0.25) is 5.02 Å². The third kappa shape index (κ3) is 5.91. The van der Waals surface area contributed by atoms with Gasteiger partial charge in [0.15, 0.2) is 0 Å². The van der Waals surface area contributed by atoms with Crippen molar-refractivity contribution < 1.29 is 24.5 Å². The summed E-state index contributed by atoms with van der Waals surface area (Å²) in [5, 5.41) is 23.3. The molecule has 2 rings (SSSR count). The molecule has 0 aliphatic rings. The van der Waals surface area contributed by atoms with Crippen LogP contribution in [0.15, 0.2) is 48.5 Å². The van der Waals surface area contributed by atoms with Crippen molar-refractivity contribution in [1.82, 2.24) is 5.32 Å². The zero-order valence-electron chi connectivity index (χ0n) is 14.4. The number of halogens is 1. The van der Waals surface area contributed by atoms with E-state index in [-0.39, 0.29) is 19.6 Å². The van der Waals surface area contributed by atoms with Crippen molar-refractivity contribution >= 4 is 17.7 Å². The molecule has 1 amide bonds. The van der Waals surface area contributed by atoms with Crippen molar-refractivity contribution in [2.24, 2.45) is 0 Å². The van der Waals surface area contributed by atoms with Gasteiger partial charge in [0.1, 0.15) is 18.5 Å². The van der Waals surface area contributed by atoms with Gasteiger partial charge >= 0.3 is 6.09 Å². The molecule has 0 spiro atoms. The Morgan fingerprint density at radius 1 is 1.19 bits per heavy atom. The second-order valence-electron chi connectivity index (χ2n) is 5.68. The van der Waals surface area contributed by atoms with Gasteiger partial charge in [-0.05, 0) is 29.7 Å². The topological polar surface area (TPSA) is 88.0 Å². The largest absolute Gasteiger partial charge is 0.495 e. The van der Waals surface area contributed by atoms with Crippen LogP contribution < -0.4 is 10.1 Å². The van der Waals surface area contributed by atoms with Gasteiger partial charge in [-0.25, -0.2) is 4.79 Å². The Labute approximate surface area is 157 Å². The van der Waals surface area contributed by atoms with E-state index in [0.717, 1.165) is 5.56 Å². The Balaban J connectivity index is 1.75. The molecule has 2 atom stereocenters. The van der Waals surface area contributed by atoms with Gasteiger partial charge in [0.25, 0.3) is 0 Å². The number of aliphatic hydroxyl groups excluding tert-OH is 2. The molecule has 0 heterocycles. The Kier molecular flexibility index (Phi) is 7.72. The van der Waals surface area contributed by atoms with Crippen molar-refractivity contribution in [1.29, 1.82) is 0 Å². The van der Waals surface area contributed by atoms with Crippen molar-refractivity contribution in [3.63, 3.8) is 0 Å². The van der Waals surface area contributed by atoms with Gasteiger partial charge in [0.05, 0.1) is 18.2 Å². The zero-order chi connectivity index (χ0) is 18.9. The molecule has 3 N–H and O–H groups in total. The number of carbonyl (C=O) groups is 1. The second-order valence-corrected chi connectivity index (χ2v) is 6.09. The molecule has 0 bridgehead atoms. The van der Waals surface area contributed by atoms with Crippen LogP contribution in [-0.2, 0) is 11.3 Å². The average Bonchev–Trinajstić information content (AvgIpc) is 2.67. The van der Waals surface area contributed by atoms with E-state index in [4.69, 9.17) is 21.1 Å². The fraction of sp³-hybridized carbons (Fsp3) is 0.316. The Morgan fingerprint density at radius 2 is 1.92 bits per heavy atom. The van der Waals surface area contributed by atoms with E-state index in [1.165, 1.54) is 7.11 Å². The maximum absolute atomic E-state index is 11.7. The average molecular weight is 380 g/mol. The molecule has 7 heteroatoms. The van der Waals surface area contributed by atoms with E-state index >= 15 is 0 Å². The van der Waals surface area contributed by atoms with Gasteiger partial charge in [0, 0.05) is 6.54 Å². The third-order valence-corrected chi connectivity index (χ3v) is 4.12. The quantitative estimate of drug-likeness (QED) is 0.656. The summed E-state index contributed by atoms with van der Waals surface area (Å²) in [6, 6.07) is 14.1. The minimum atomic E-state index is -1.12. The molecule has 26 heavy (non-hydrogen) atoms. The monoisotopic (exact) mass is 379 g/mol. The molecule has 6 nitrogen and oxygen atoms in total. The van der Waals surface area contributed by atoms with E-state index in [1.807, 2.05) is 30.3 Å². The molecule has 2 unspecified atom stereocenters. The van der Waals surface area contributed by atoms with Crippen LogP contribution in [0.25, 0.3) is 0 Å². The molecule has 0 fully saturated rings. The van der Waals surface area contributed by atoms with E-state index < -0.39 is 18.3 Å². The number of aliphatic hydroxyl groups is 2. The molecular weight excluding hydrogens is 358 g/mol. The number of hydrogen-bond donors (Lipinski definition) is 3. The summed E-state index contributed by atoms with van der Waals surface area (Å²) in [4.78, 5) is 11.7. The maximum Gasteiger partial charge on any atom is 0.407 e. The number of amides is 1. The summed E-state index contributed by atoms with van der Waals surface area (Å²) in [5.41, 5.74) is 1.36. The predicted molar refractivity (Wildman–Crippen MR) is 98.2 cm³/mol. The molecule has 0 aromatic heterocycles. The highest BCUT2D eigenvalue weighted by atomic mass is 35.5. The van der Waals surface area contributed by atoms with Gasteiger partial charge in [0.2, 0.25) is 0 Å². The summed E-state index contributed by atoms with van der Waals surface area (Å²) in [6.45, 7) is 0.332. The molecule has 140 valence electrons. The van der Waals surface area contributed by atoms with E-state index in [1.54, 1.807) is 18.2 Å². The normalized spacial score (nSPS) is 12.9. The number of carbonyl (C=O) groups excluding carboxylic acids is 1. The molecular formula is C19H22ClNO5. The summed E-state index contributed by atoms with van der Waals surface area (Å²) in [5.74, 6) is 0.415. The molecule has 2 aromatic rings. The molecule has 0 saturated heterocycles. The highest BCUT2D eigenvalue weighted by molar-refractivity contribution is 6.32. The first-order valence-corrected chi connectivity index (χ1v) is 8.53. The number of methoxy groups -OCH3 is 1. The van der Waals surface area contributed by atoms with Crippen molar-refractivity contribution in [3.05, 3.63) is 64.7 Å². The fourth-order valence-corrected chi connectivity index (χ4v) is 2.53. The minimum Gasteiger partial charge on any atom is -0.495 e. The lowest BCUT2D eigenvalue weighted by atomic mass is 10.0. The minimum absolute atomic E-state index is 0.159. The lowest BCUT2D eigenvalue weighted by Gasteiger charge is -2.19. The van der Waals surface area contributed by atoms with Gasteiger partial charge in [-0.3, -0.25) is 0 Å². The number of rotatable bonds is 8. The van der Waals surface area contributed by atoms with E-state index in [9.17, 15) is 15.0 Å². The van der Waals surface area contributed by atoms with Crippen molar-refractivity contribution in [2.45, 2.75) is 25.2 Å². The molecule has 0 aliphatic carbocycles. The highest BCUT2D eigenvalue weighted by Gasteiger charge is 2.19. The van der Waals surface area contributed by atoms with Crippen LogP contribution in [0.3, 0.4) is 0 Å². The van der Waals surface area contributed by atoms with Crippen LogP contribution in [0.4, 0.5) is 4.79 Å². The van der Waals surface area contributed by atoms with Crippen LogP contribution in [0.5, 0.6) is 5.75 Å². The van der Waals surface area contributed by atoms with Crippen LogP contribution >= 0.6 is 11.6 Å². The Bertz CT molecular complexity index is 710. The van der Waals surface area contributed by atoms with Crippen molar-refractivity contribution in [2.75, 3.05) is 13.7 Å². The van der Waals surface area contributed by atoms with Crippen LogP contribution in [0, 0.1) is 0 Å². The van der Waals surface area contributed by atoms with Gasteiger partial charge in [-0.2, -0.15) is 0 Å². The number of hydrogen-bond acceptors (Lipinski definition) is 5.